The minimum absolute atomic E-state index is 0.0809. The predicted octanol–water partition coefficient (Wildman–Crippen LogP) is 5.77. The SMILES string of the molecule is Cc1ccccc1-c1cc(N2CCN(Cc3ncon3)CC2)ncc1C(=O)NCCc1cc(C(F)(F)F)cc(C(F)(F)F)c1. The third-order valence-electron chi connectivity index (χ3n) is 7.38. The lowest BCUT2D eigenvalue weighted by atomic mass is 9.96. The van der Waals surface area contributed by atoms with Crippen molar-refractivity contribution >= 4 is 11.7 Å². The molecule has 1 amide bonds. The van der Waals surface area contributed by atoms with E-state index in [1.54, 1.807) is 0 Å². The quantitative estimate of drug-likeness (QED) is 0.251. The van der Waals surface area contributed by atoms with Crippen molar-refractivity contribution in [2.75, 3.05) is 37.6 Å². The van der Waals surface area contributed by atoms with Gasteiger partial charge in [0.05, 0.1) is 23.2 Å². The molecule has 8 nitrogen and oxygen atoms in total. The van der Waals surface area contributed by atoms with Crippen LogP contribution >= 0.6 is 0 Å². The Morgan fingerprint density at radius 2 is 1.59 bits per heavy atom. The van der Waals surface area contributed by atoms with Gasteiger partial charge in [0.1, 0.15) is 5.82 Å². The maximum absolute atomic E-state index is 13.3. The molecule has 1 aliphatic rings. The first-order chi connectivity index (χ1) is 20.9. The lowest BCUT2D eigenvalue weighted by molar-refractivity contribution is -0.143. The number of alkyl halides is 6. The molecule has 1 N–H and O–H groups in total. The third-order valence-corrected chi connectivity index (χ3v) is 7.38. The Balaban J connectivity index is 1.32. The zero-order valence-electron chi connectivity index (χ0n) is 23.5. The Morgan fingerprint density at radius 1 is 0.909 bits per heavy atom. The number of hydrogen-bond donors (Lipinski definition) is 1. The average Bonchev–Trinajstić information content (AvgIpc) is 3.49. The van der Waals surface area contributed by atoms with Crippen LogP contribution in [0.3, 0.4) is 0 Å². The standard InChI is InChI=1S/C30H28F6N6O2/c1-19-4-2-3-5-23(19)24-15-27(42-10-8-41(9-11-42)17-26-39-18-44-40-26)38-16-25(24)28(43)37-7-6-20-12-21(29(31,32)33)14-22(13-20)30(34,35)36/h2-5,12-16,18H,6-11,17H2,1H3,(H,37,43). The van der Waals surface area contributed by atoms with Gasteiger partial charge in [-0.25, -0.2) is 4.98 Å². The number of rotatable bonds is 8. The van der Waals surface area contributed by atoms with Crippen molar-refractivity contribution in [1.82, 2.24) is 25.3 Å². The van der Waals surface area contributed by atoms with E-state index in [2.05, 4.69) is 30.2 Å². The van der Waals surface area contributed by atoms with Crippen molar-refractivity contribution in [2.45, 2.75) is 32.2 Å². The summed E-state index contributed by atoms with van der Waals surface area (Å²) in [6, 6.07) is 10.7. The smallest absolute Gasteiger partial charge is 0.354 e. The summed E-state index contributed by atoms with van der Waals surface area (Å²) in [5.74, 6) is 0.723. The van der Waals surface area contributed by atoms with Crippen LogP contribution in [0.15, 0.2) is 65.6 Å². The van der Waals surface area contributed by atoms with Crippen molar-refractivity contribution in [3.8, 4) is 11.1 Å². The molecule has 0 aliphatic carbocycles. The Morgan fingerprint density at radius 3 is 2.20 bits per heavy atom. The van der Waals surface area contributed by atoms with E-state index in [1.165, 1.54) is 12.6 Å². The highest BCUT2D eigenvalue weighted by Crippen LogP contribution is 2.36. The minimum atomic E-state index is -4.95. The van der Waals surface area contributed by atoms with Crippen molar-refractivity contribution in [3.05, 3.63) is 94.8 Å². The summed E-state index contributed by atoms with van der Waals surface area (Å²) in [6.07, 6.45) is -7.40. The number of aromatic nitrogens is 3. The first kappa shape index (κ1) is 31.0. The van der Waals surface area contributed by atoms with Gasteiger partial charge in [0, 0.05) is 38.9 Å². The number of pyridine rings is 1. The molecule has 44 heavy (non-hydrogen) atoms. The lowest BCUT2D eigenvalue weighted by Crippen LogP contribution is -2.46. The van der Waals surface area contributed by atoms with Crippen molar-refractivity contribution in [3.63, 3.8) is 0 Å². The van der Waals surface area contributed by atoms with Crippen LogP contribution in [0.2, 0.25) is 0 Å². The first-order valence-corrected chi connectivity index (χ1v) is 13.7. The van der Waals surface area contributed by atoms with Gasteiger partial charge >= 0.3 is 12.4 Å². The van der Waals surface area contributed by atoms with Crippen LogP contribution < -0.4 is 10.2 Å². The molecule has 0 atom stereocenters. The molecule has 14 heteroatoms. The van der Waals surface area contributed by atoms with Gasteiger partial charge in [0.2, 0.25) is 6.39 Å². The molecular formula is C30H28F6N6O2. The van der Waals surface area contributed by atoms with Gasteiger partial charge in [-0.3, -0.25) is 9.69 Å². The molecule has 0 saturated carbocycles. The van der Waals surface area contributed by atoms with Gasteiger partial charge in [-0.05, 0) is 59.9 Å². The van der Waals surface area contributed by atoms with Gasteiger partial charge in [0.25, 0.3) is 5.91 Å². The third kappa shape index (κ3) is 7.36. The van der Waals surface area contributed by atoms with E-state index in [0.717, 1.165) is 24.2 Å². The molecule has 3 heterocycles. The average molecular weight is 619 g/mol. The van der Waals surface area contributed by atoms with Crippen LogP contribution in [-0.2, 0) is 25.3 Å². The number of piperazine rings is 1. The number of hydrogen-bond acceptors (Lipinski definition) is 7. The number of nitrogens with zero attached hydrogens (tertiary/aromatic N) is 5. The highest BCUT2D eigenvalue weighted by atomic mass is 19.4. The topological polar surface area (TPSA) is 87.4 Å². The normalized spacial score (nSPS) is 14.6. The van der Waals surface area contributed by atoms with Crippen LogP contribution in [0.5, 0.6) is 0 Å². The van der Waals surface area contributed by atoms with Gasteiger partial charge in [-0.15, -0.1) is 0 Å². The van der Waals surface area contributed by atoms with E-state index in [1.807, 2.05) is 37.3 Å². The maximum atomic E-state index is 13.3. The second-order valence-corrected chi connectivity index (χ2v) is 10.4. The van der Waals surface area contributed by atoms with E-state index in [4.69, 9.17) is 4.52 Å². The van der Waals surface area contributed by atoms with Crippen molar-refractivity contribution in [2.24, 2.45) is 0 Å². The number of aryl methyl sites for hydroxylation is 1. The lowest BCUT2D eigenvalue weighted by Gasteiger charge is -2.35. The van der Waals surface area contributed by atoms with Gasteiger partial charge in [-0.1, -0.05) is 29.4 Å². The van der Waals surface area contributed by atoms with Crippen molar-refractivity contribution in [1.29, 1.82) is 0 Å². The molecule has 0 unspecified atom stereocenters. The molecule has 2 aromatic heterocycles. The fourth-order valence-electron chi connectivity index (χ4n) is 5.07. The number of carbonyl (C=O) groups excluding carboxylic acids is 1. The Bertz CT molecular complexity index is 1570. The zero-order valence-corrected chi connectivity index (χ0v) is 23.5. The number of carbonyl (C=O) groups is 1. The summed E-state index contributed by atoms with van der Waals surface area (Å²) in [7, 11) is 0. The second-order valence-electron chi connectivity index (χ2n) is 10.4. The van der Waals surface area contributed by atoms with E-state index in [9.17, 15) is 31.1 Å². The van der Waals surface area contributed by atoms with Crippen LogP contribution in [0, 0.1) is 6.92 Å². The number of amides is 1. The molecule has 1 fully saturated rings. The number of benzene rings is 2. The molecule has 232 valence electrons. The van der Waals surface area contributed by atoms with Gasteiger partial charge < -0.3 is 14.7 Å². The molecule has 1 saturated heterocycles. The summed E-state index contributed by atoms with van der Waals surface area (Å²) in [5, 5.41) is 6.49. The van der Waals surface area contributed by atoms with Crippen LogP contribution in [-0.4, -0.2) is 58.7 Å². The van der Waals surface area contributed by atoms with E-state index in [-0.39, 0.29) is 30.2 Å². The van der Waals surface area contributed by atoms with E-state index >= 15 is 0 Å². The number of anilines is 1. The highest BCUT2D eigenvalue weighted by Gasteiger charge is 2.36. The summed E-state index contributed by atoms with van der Waals surface area (Å²) >= 11 is 0. The summed E-state index contributed by atoms with van der Waals surface area (Å²) in [5.41, 5.74) is -0.440. The van der Waals surface area contributed by atoms with Gasteiger partial charge in [-0.2, -0.15) is 31.3 Å². The van der Waals surface area contributed by atoms with E-state index in [0.29, 0.717) is 49.0 Å². The number of nitrogens with one attached hydrogen (secondary N) is 1. The fourth-order valence-corrected chi connectivity index (χ4v) is 5.07. The predicted molar refractivity (Wildman–Crippen MR) is 149 cm³/mol. The first-order valence-electron chi connectivity index (χ1n) is 13.7. The second kappa shape index (κ2) is 12.6. The Labute approximate surface area is 248 Å². The van der Waals surface area contributed by atoms with Crippen molar-refractivity contribution < 1.29 is 35.7 Å². The number of halogens is 6. The fraction of sp³-hybridized carbons (Fsp3) is 0.333. The molecule has 0 spiro atoms. The molecule has 1 aliphatic heterocycles. The van der Waals surface area contributed by atoms with E-state index < -0.39 is 29.4 Å². The molecule has 0 bridgehead atoms. The van der Waals surface area contributed by atoms with Gasteiger partial charge in [0.15, 0.2) is 5.82 Å². The largest absolute Gasteiger partial charge is 0.416 e. The van der Waals surface area contributed by atoms with Crippen LogP contribution in [0.1, 0.15) is 38.4 Å². The molecule has 4 aromatic rings. The molecule has 2 aromatic carbocycles. The van der Waals surface area contributed by atoms with Crippen LogP contribution in [0.4, 0.5) is 32.2 Å². The maximum Gasteiger partial charge on any atom is 0.416 e. The van der Waals surface area contributed by atoms with Crippen LogP contribution in [0.25, 0.3) is 11.1 Å². The molecule has 0 radical (unpaired) electrons. The Hall–Kier alpha value is -4.46. The highest BCUT2D eigenvalue weighted by molar-refractivity contribution is 6.01. The monoisotopic (exact) mass is 618 g/mol. The summed E-state index contributed by atoms with van der Waals surface area (Å²) in [4.78, 5) is 26.2. The zero-order chi connectivity index (χ0) is 31.5. The molecule has 5 rings (SSSR count). The Kier molecular flexibility index (Phi) is 8.90. The summed E-state index contributed by atoms with van der Waals surface area (Å²) in [6.45, 7) is 5.06. The molecular weight excluding hydrogens is 590 g/mol. The minimum Gasteiger partial charge on any atom is -0.354 e. The summed E-state index contributed by atoms with van der Waals surface area (Å²) < 4.78 is 84.3.